The van der Waals surface area contributed by atoms with Crippen LogP contribution in [0, 0.1) is 11.3 Å². The van der Waals surface area contributed by atoms with Crippen molar-refractivity contribution in [1.82, 2.24) is 9.88 Å². The van der Waals surface area contributed by atoms with Gasteiger partial charge in [0, 0.05) is 31.4 Å². The fourth-order valence-corrected chi connectivity index (χ4v) is 3.19. The van der Waals surface area contributed by atoms with Crippen molar-refractivity contribution >= 4 is 11.7 Å². The third-order valence-electron chi connectivity index (χ3n) is 4.11. The Morgan fingerprint density at radius 2 is 2.10 bits per heavy atom. The summed E-state index contributed by atoms with van der Waals surface area (Å²) in [7, 11) is 0. The molecule has 2 fully saturated rings. The molecule has 0 spiro atoms. The van der Waals surface area contributed by atoms with Gasteiger partial charge in [0.05, 0.1) is 5.56 Å². The molecule has 5 heteroatoms. The molecule has 2 saturated heterocycles. The lowest BCUT2D eigenvalue weighted by atomic mass is 10.1. The Morgan fingerprint density at radius 3 is 2.60 bits per heavy atom. The second kappa shape index (κ2) is 4.97. The van der Waals surface area contributed by atoms with Gasteiger partial charge in [-0.05, 0) is 31.1 Å². The van der Waals surface area contributed by atoms with Crippen LogP contribution in [0.4, 0.5) is 5.82 Å². The summed E-state index contributed by atoms with van der Waals surface area (Å²) in [5.41, 5.74) is 0.571. The minimum Gasteiger partial charge on any atom is -0.347 e. The summed E-state index contributed by atoms with van der Waals surface area (Å²) in [6, 6.07) is 6.41. The Bertz CT molecular complexity index is 561. The van der Waals surface area contributed by atoms with Crippen LogP contribution in [0.1, 0.15) is 18.4 Å². The molecule has 2 bridgehead atoms. The van der Waals surface area contributed by atoms with Crippen LogP contribution in [0.2, 0.25) is 0 Å². The van der Waals surface area contributed by atoms with Crippen molar-refractivity contribution in [2.24, 2.45) is 0 Å². The standard InChI is InChI=1S/C15H16N4O/c1-2-15(20)18-9-12-4-5-13(10-18)19(12)14-6-3-11(7-16)8-17-14/h2-3,6,8,12-13H,1,4-5,9-10H2. The first-order chi connectivity index (χ1) is 9.72. The number of anilines is 1. The van der Waals surface area contributed by atoms with Gasteiger partial charge >= 0.3 is 0 Å². The summed E-state index contributed by atoms with van der Waals surface area (Å²) in [5, 5.41) is 8.82. The second-order valence-electron chi connectivity index (χ2n) is 5.26. The fourth-order valence-electron chi connectivity index (χ4n) is 3.19. The van der Waals surface area contributed by atoms with E-state index in [9.17, 15) is 4.79 Å². The average molecular weight is 268 g/mol. The highest BCUT2D eigenvalue weighted by atomic mass is 16.2. The molecule has 20 heavy (non-hydrogen) atoms. The summed E-state index contributed by atoms with van der Waals surface area (Å²) < 4.78 is 0. The van der Waals surface area contributed by atoms with Crippen molar-refractivity contribution < 1.29 is 4.79 Å². The number of piperazine rings is 1. The Hall–Kier alpha value is -2.35. The van der Waals surface area contributed by atoms with Crippen molar-refractivity contribution in [3.63, 3.8) is 0 Å². The van der Waals surface area contributed by atoms with Crippen molar-refractivity contribution in [3.8, 4) is 6.07 Å². The lowest BCUT2D eigenvalue weighted by Crippen LogP contribution is -2.55. The van der Waals surface area contributed by atoms with Crippen LogP contribution in [0.25, 0.3) is 0 Å². The maximum atomic E-state index is 11.8. The van der Waals surface area contributed by atoms with Gasteiger partial charge in [-0.2, -0.15) is 5.26 Å². The smallest absolute Gasteiger partial charge is 0.246 e. The van der Waals surface area contributed by atoms with Crippen LogP contribution < -0.4 is 4.90 Å². The third kappa shape index (κ3) is 2.03. The molecule has 2 unspecified atom stereocenters. The van der Waals surface area contributed by atoms with Crippen LogP contribution in [-0.4, -0.2) is 41.0 Å². The van der Waals surface area contributed by atoms with E-state index >= 15 is 0 Å². The quantitative estimate of drug-likeness (QED) is 0.759. The molecule has 1 aromatic heterocycles. The minimum absolute atomic E-state index is 0.00865. The predicted molar refractivity (Wildman–Crippen MR) is 75.0 cm³/mol. The number of nitriles is 1. The minimum atomic E-state index is 0.00865. The van der Waals surface area contributed by atoms with E-state index < -0.39 is 0 Å². The number of fused-ring (bicyclic) bond motifs is 2. The molecule has 2 aliphatic rings. The van der Waals surface area contributed by atoms with Crippen LogP contribution >= 0.6 is 0 Å². The molecule has 0 radical (unpaired) electrons. The average Bonchev–Trinajstić information content (AvgIpc) is 2.76. The van der Waals surface area contributed by atoms with Crippen LogP contribution in [0.15, 0.2) is 31.0 Å². The third-order valence-corrected chi connectivity index (χ3v) is 4.11. The normalized spacial score (nSPS) is 24.4. The summed E-state index contributed by atoms with van der Waals surface area (Å²) in [5.74, 6) is 0.913. The van der Waals surface area contributed by atoms with Crippen molar-refractivity contribution in [2.75, 3.05) is 18.0 Å². The monoisotopic (exact) mass is 268 g/mol. The number of amides is 1. The first-order valence-corrected chi connectivity index (χ1v) is 6.78. The number of likely N-dealkylation sites (tertiary alicyclic amines) is 1. The maximum Gasteiger partial charge on any atom is 0.246 e. The first kappa shape index (κ1) is 12.7. The Labute approximate surface area is 118 Å². The summed E-state index contributed by atoms with van der Waals surface area (Å²) in [6.45, 7) is 5.01. The molecule has 102 valence electrons. The van der Waals surface area contributed by atoms with Gasteiger partial charge in [0.2, 0.25) is 5.91 Å². The Kier molecular flexibility index (Phi) is 3.15. The molecule has 0 N–H and O–H groups in total. The largest absolute Gasteiger partial charge is 0.347 e. The molecule has 0 saturated carbocycles. The van der Waals surface area contributed by atoms with Gasteiger partial charge in [-0.15, -0.1) is 0 Å². The zero-order valence-corrected chi connectivity index (χ0v) is 11.2. The van der Waals surface area contributed by atoms with Crippen molar-refractivity contribution in [1.29, 1.82) is 5.26 Å². The van der Waals surface area contributed by atoms with Gasteiger partial charge in [-0.3, -0.25) is 4.79 Å². The van der Waals surface area contributed by atoms with Gasteiger partial charge in [0.15, 0.2) is 0 Å². The number of carbonyl (C=O) groups excluding carboxylic acids is 1. The zero-order valence-electron chi connectivity index (χ0n) is 11.2. The van der Waals surface area contributed by atoms with Gasteiger partial charge in [0.1, 0.15) is 11.9 Å². The lowest BCUT2D eigenvalue weighted by Gasteiger charge is -2.41. The molecule has 1 amide bonds. The molecular formula is C15H16N4O. The van der Waals surface area contributed by atoms with Crippen molar-refractivity contribution in [3.05, 3.63) is 36.5 Å². The number of pyridine rings is 1. The van der Waals surface area contributed by atoms with E-state index in [0.717, 1.165) is 31.7 Å². The molecule has 0 aromatic carbocycles. The lowest BCUT2D eigenvalue weighted by molar-refractivity contribution is -0.126. The fraction of sp³-hybridized carbons (Fsp3) is 0.400. The SMILES string of the molecule is C=CC(=O)N1CC2CCC(C1)N2c1ccc(C#N)cn1. The van der Waals surface area contributed by atoms with E-state index in [0.29, 0.717) is 17.6 Å². The summed E-state index contributed by atoms with van der Waals surface area (Å²) in [4.78, 5) is 20.3. The van der Waals surface area contributed by atoms with E-state index in [1.807, 2.05) is 11.0 Å². The topological polar surface area (TPSA) is 60.2 Å². The van der Waals surface area contributed by atoms with Crippen molar-refractivity contribution in [2.45, 2.75) is 24.9 Å². The van der Waals surface area contributed by atoms with Crippen LogP contribution in [0.3, 0.4) is 0 Å². The maximum absolute atomic E-state index is 11.8. The highest BCUT2D eigenvalue weighted by molar-refractivity contribution is 5.87. The number of hydrogen-bond donors (Lipinski definition) is 0. The van der Waals surface area contributed by atoms with Gasteiger partial charge in [-0.1, -0.05) is 6.58 Å². The number of carbonyl (C=O) groups is 1. The molecule has 1 aromatic rings. The van der Waals surface area contributed by atoms with E-state index in [-0.39, 0.29) is 5.91 Å². The number of rotatable bonds is 2. The Balaban J connectivity index is 1.81. The van der Waals surface area contributed by atoms with Gasteiger partial charge in [-0.25, -0.2) is 4.98 Å². The van der Waals surface area contributed by atoms with Crippen LogP contribution in [0.5, 0.6) is 0 Å². The first-order valence-electron chi connectivity index (χ1n) is 6.78. The van der Waals surface area contributed by atoms with E-state index in [1.54, 1.807) is 12.3 Å². The van der Waals surface area contributed by atoms with E-state index in [1.165, 1.54) is 6.08 Å². The second-order valence-corrected chi connectivity index (χ2v) is 5.26. The Morgan fingerprint density at radius 1 is 1.40 bits per heavy atom. The summed E-state index contributed by atoms with van der Waals surface area (Å²) >= 11 is 0. The molecule has 3 rings (SSSR count). The number of nitrogens with zero attached hydrogens (tertiary/aromatic N) is 4. The molecule has 5 nitrogen and oxygen atoms in total. The van der Waals surface area contributed by atoms with E-state index in [2.05, 4.69) is 22.5 Å². The molecule has 2 aliphatic heterocycles. The molecular weight excluding hydrogens is 252 g/mol. The molecule has 2 atom stereocenters. The predicted octanol–water partition coefficient (Wildman–Crippen LogP) is 1.32. The zero-order chi connectivity index (χ0) is 14.1. The van der Waals surface area contributed by atoms with Gasteiger partial charge in [0.25, 0.3) is 0 Å². The highest BCUT2D eigenvalue weighted by Gasteiger charge is 2.41. The van der Waals surface area contributed by atoms with Crippen LogP contribution in [-0.2, 0) is 4.79 Å². The number of hydrogen-bond acceptors (Lipinski definition) is 4. The molecule has 3 heterocycles. The van der Waals surface area contributed by atoms with Gasteiger partial charge < -0.3 is 9.80 Å². The highest BCUT2D eigenvalue weighted by Crippen LogP contribution is 2.33. The van der Waals surface area contributed by atoms with E-state index in [4.69, 9.17) is 5.26 Å². The molecule has 0 aliphatic carbocycles. The number of aromatic nitrogens is 1. The summed E-state index contributed by atoms with van der Waals surface area (Å²) in [6.07, 6.45) is 5.14.